The number of hydrogen-bond acceptors (Lipinski definition) is 5. The number of nitrogens with zero attached hydrogens (tertiary/aromatic N) is 2. The van der Waals surface area contributed by atoms with Crippen LogP contribution in [0.25, 0.3) is 10.4 Å². The van der Waals surface area contributed by atoms with Crippen molar-refractivity contribution in [3.05, 3.63) is 35.0 Å². The van der Waals surface area contributed by atoms with Gasteiger partial charge < -0.3 is 15.4 Å². The molecule has 2 N–H and O–H groups in total. The summed E-state index contributed by atoms with van der Waals surface area (Å²) in [5.74, 6) is 1.34. The minimum absolute atomic E-state index is 0.0221. The van der Waals surface area contributed by atoms with Crippen LogP contribution in [0.4, 0.5) is 0 Å². The second-order valence-electron chi connectivity index (χ2n) is 6.75. The summed E-state index contributed by atoms with van der Waals surface area (Å²) in [5, 5.41) is 1.09. The smallest absolute Gasteiger partial charge is 0.274 e. The zero-order chi connectivity index (χ0) is 17.4. The first-order valence-corrected chi connectivity index (χ1v) is 9.69. The Hall–Kier alpha value is -1.92. The fourth-order valence-electron chi connectivity index (χ4n) is 3.06. The molecule has 1 aromatic heterocycles. The van der Waals surface area contributed by atoms with E-state index < -0.39 is 0 Å². The standard InChI is InChI=1S/C19H23N3O2S/c1-24-15-4-2-3-13(11-15)17-16(21-18(25-17)12-5-6-12)19(23)22(10-9-20)14-7-8-14/h2-4,11-12,14H,5-10,20H2,1H3. The van der Waals surface area contributed by atoms with Gasteiger partial charge in [0.15, 0.2) is 0 Å². The fraction of sp³-hybridized carbons (Fsp3) is 0.474. The molecule has 25 heavy (non-hydrogen) atoms. The summed E-state index contributed by atoms with van der Waals surface area (Å²) in [4.78, 5) is 20.8. The molecule has 2 aliphatic rings. The molecule has 2 aromatic rings. The molecule has 0 spiro atoms. The lowest BCUT2D eigenvalue weighted by Gasteiger charge is -2.21. The molecule has 0 radical (unpaired) electrons. The van der Waals surface area contributed by atoms with Gasteiger partial charge in [0.1, 0.15) is 11.4 Å². The van der Waals surface area contributed by atoms with Crippen molar-refractivity contribution in [3.63, 3.8) is 0 Å². The highest BCUT2D eigenvalue weighted by Gasteiger charge is 2.36. The number of ether oxygens (including phenoxy) is 1. The van der Waals surface area contributed by atoms with Crippen LogP contribution in [0.5, 0.6) is 5.75 Å². The van der Waals surface area contributed by atoms with Gasteiger partial charge in [-0.3, -0.25) is 4.79 Å². The number of carbonyl (C=O) groups is 1. The van der Waals surface area contributed by atoms with E-state index in [1.165, 1.54) is 12.8 Å². The van der Waals surface area contributed by atoms with Gasteiger partial charge in [-0.2, -0.15) is 0 Å². The Morgan fingerprint density at radius 1 is 1.36 bits per heavy atom. The highest BCUT2D eigenvalue weighted by atomic mass is 32.1. The minimum Gasteiger partial charge on any atom is -0.497 e. The average molecular weight is 357 g/mol. The molecular formula is C19H23N3O2S. The predicted molar refractivity (Wildman–Crippen MR) is 99.2 cm³/mol. The molecule has 2 aliphatic carbocycles. The molecular weight excluding hydrogens is 334 g/mol. The number of nitrogens with two attached hydrogens (primary N) is 1. The van der Waals surface area contributed by atoms with E-state index >= 15 is 0 Å². The maximum atomic E-state index is 13.2. The molecule has 5 nitrogen and oxygen atoms in total. The van der Waals surface area contributed by atoms with Gasteiger partial charge in [0, 0.05) is 25.0 Å². The second-order valence-corrected chi connectivity index (χ2v) is 7.79. The number of rotatable bonds is 7. The van der Waals surface area contributed by atoms with E-state index in [-0.39, 0.29) is 5.91 Å². The van der Waals surface area contributed by atoms with Crippen molar-refractivity contribution in [3.8, 4) is 16.2 Å². The van der Waals surface area contributed by atoms with Gasteiger partial charge in [-0.25, -0.2) is 4.98 Å². The molecule has 0 bridgehead atoms. The molecule has 4 rings (SSSR count). The van der Waals surface area contributed by atoms with Crippen LogP contribution in [0.2, 0.25) is 0 Å². The van der Waals surface area contributed by atoms with Crippen LogP contribution in [-0.4, -0.2) is 42.0 Å². The van der Waals surface area contributed by atoms with Gasteiger partial charge in [0.25, 0.3) is 5.91 Å². The van der Waals surface area contributed by atoms with Crippen LogP contribution in [0, 0.1) is 0 Å². The molecule has 0 aliphatic heterocycles. The topological polar surface area (TPSA) is 68.5 Å². The lowest BCUT2D eigenvalue weighted by Crippen LogP contribution is -2.37. The number of methoxy groups -OCH3 is 1. The zero-order valence-electron chi connectivity index (χ0n) is 14.4. The van der Waals surface area contributed by atoms with Gasteiger partial charge >= 0.3 is 0 Å². The van der Waals surface area contributed by atoms with E-state index in [0.717, 1.165) is 34.0 Å². The molecule has 6 heteroatoms. The Kier molecular flexibility index (Phi) is 4.48. The molecule has 2 fully saturated rings. The number of aromatic nitrogens is 1. The Morgan fingerprint density at radius 2 is 2.16 bits per heavy atom. The summed E-state index contributed by atoms with van der Waals surface area (Å²) in [6.45, 7) is 1.08. The van der Waals surface area contributed by atoms with Gasteiger partial charge in [0.05, 0.1) is 17.0 Å². The van der Waals surface area contributed by atoms with Crippen LogP contribution in [-0.2, 0) is 0 Å². The third kappa shape index (κ3) is 3.41. The van der Waals surface area contributed by atoms with Crippen LogP contribution < -0.4 is 10.5 Å². The largest absolute Gasteiger partial charge is 0.497 e. The molecule has 0 saturated heterocycles. The minimum atomic E-state index is 0.0221. The van der Waals surface area contributed by atoms with E-state index in [2.05, 4.69) is 0 Å². The number of benzene rings is 1. The molecule has 1 heterocycles. The highest BCUT2D eigenvalue weighted by molar-refractivity contribution is 7.15. The fourth-order valence-corrected chi connectivity index (χ4v) is 4.28. The first-order valence-electron chi connectivity index (χ1n) is 8.87. The van der Waals surface area contributed by atoms with E-state index in [0.29, 0.717) is 30.7 Å². The number of hydrogen-bond donors (Lipinski definition) is 1. The Labute approximate surface area is 151 Å². The van der Waals surface area contributed by atoms with Crippen molar-refractivity contribution < 1.29 is 9.53 Å². The summed E-state index contributed by atoms with van der Waals surface area (Å²) in [6, 6.07) is 8.20. The zero-order valence-corrected chi connectivity index (χ0v) is 15.2. The number of thiazole rings is 1. The maximum absolute atomic E-state index is 13.2. The van der Waals surface area contributed by atoms with E-state index in [4.69, 9.17) is 15.5 Å². The predicted octanol–water partition coefficient (Wildman–Crippen LogP) is 3.26. The van der Waals surface area contributed by atoms with E-state index in [1.54, 1.807) is 18.4 Å². The van der Waals surface area contributed by atoms with Crippen molar-refractivity contribution in [2.24, 2.45) is 5.73 Å². The van der Waals surface area contributed by atoms with Crippen LogP contribution in [0.15, 0.2) is 24.3 Å². The van der Waals surface area contributed by atoms with Crippen molar-refractivity contribution in [1.29, 1.82) is 0 Å². The summed E-state index contributed by atoms with van der Waals surface area (Å²) in [6.07, 6.45) is 4.49. The molecule has 2 saturated carbocycles. The van der Waals surface area contributed by atoms with Gasteiger partial charge in [-0.05, 0) is 43.4 Å². The third-order valence-electron chi connectivity index (χ3n) is 4.72. The quantitative estimate of drug-likeness (QED) is 0.826. The molecule has 132 valence electrons. The van der Waals surface area contributed by atoms with Crippen molar-refractivity contribution >= 4 is 17.2 Å². The summed E-state index contributed by atoms with van der Waals surface area (Å²) < 4.78 is 5.35. The summed E-state index contributed by atoms with van der Waals surface area (Å²) in [5.41, 5.74) is 7.31. The molecule has 0 atom stereocenters. The monoisotopic (exact) mass is 357 g/mol. The SMILES string of the molecule is COc1cccc(-c2sc(C3CC3)nc2C(=O)N(CCN)C2CC2)c1. The van der Waals surface area contributed by atoms with Crippen LogP contribution >= 0.6 is 11.3 Å². The lowest BCUT2D eigenvalue weighted by molar-refractivity contribution is 0.0743. The Bertz CT molecular complexity index is 781. The lowest BCUT2D eigenvalue weighted by atomic mass is 10.1. The van der Waals surface area contributed by atoms with E-state index in [9.17, 15) is 4.79 Å². The van der Waals surface area contributed by atoms with Crippen LogP contribution in [0.3, 0.4) is 0 Å². The first kappa shape index (κ1) is 16.5. The molecule has 1 aromatic carbocycles. The number of amides is 1. The van der Waals surface area contributed by atoms with Crippen molar-refractivity contribution in [2.75, 3.05) is 20.2 Å². The Morgan fingerprint density at radius 3 is 2.80 bits per heavy atom. The van der Waals surface area contributed by atoms with Gasteiger partial charge in [0.2, 0.25) is 0 Å². The van der Waals surface area contributed by atoms with Crippen molar-refractivity contribution in [2.45, 2.75) is 37.6 Å². The molecule has 0 unspecified atom stereocenters. The summed E-state index contributed by atoms with van der Waals surface area (Å²) >= 11 is 1.65. The van der Waals surface area contributed by atoms with Gasteiger partial charge in [-0.1, -0.05) is 12.1 Å². The van der Waals surface area contributed by atoms with Gasteiger partial charge in [-0.15, -0.1) is 11.3 Å². The average Bonchev–Trinajstić information content (AvgIpc) is 3.57. The Balaban J connectivity index is 1.73. The normalized spacial score (nSPS) is 16.7. The first-order chi connectivity index (χ1) is 12.2. The van der Waals surface area contributed by atoms with Crippen LogP contribution in [0.1, 0.15) is 47.1 Å². The van der Waals surface area contributed by atoms with E-state index in [1.807, 2.05) is 29.2 Å². The second kappa shape index (κ2) is 6.77. The highest BCUT2D eigenvalue weighted by Crippen LogP contribution is 2.45. The number of carbonyl (C=O) groups excluding carboxylic acids is 1. The third-order valence-corrected chi connectivity index (χ3v) is 5.99. The maximum Gasteiger partial charge on any atom is 0.274 e. The van der Waals surface area contributed by atoms with Crippen molar-refractivity contribution in [1.82, 2.24) is 9.88 Å². The molecule has 1 amide bonds. The summed E-state index contributed by atoms with van der Waals surface area (Å²) in [7, 11) is 1.66.